The van der Waals surface area contributed by atoms with Crippen LogP contribution in [-0.2, 0) is 9.59 Å². The maximum Gasteiger partial charge on any atom is 0.248 e. The molecule has 2 aromatic carbocycles. The number of carbonyl (C=O) groups is 2. The van der Waals surface area contributed by atoms with Gasteiger partial charge in [-0.1, -0.05) is 31.7 Å². The van der Waals surface area contributed by atoms with Crippen LogP contribution in [0.2, 0.25) is 0 Å². The van der Waals surface area contributed by atoms with Crippen LogP contribution in [0, 0.1) is 0 Å². The zero-order valence-corrected chi connectivity index (χ0v) is 21.3. The first-order valence-corrected chi connectivity index (χ1v) is 12.8. The van der Waals surface area contributed by atoms with Crippen molar-refractivity contribution >= 4 is 28.7 Å². The van der Waals surface area contributed by atoms with Crippen LogP contribution in [0.3, 0.4) is 0 Å². The summed E-state index contributed by atoms with van der Waals surface area (Å²) >= 11 is 0. The second-order valence-electron chi connectivity index (χ2n) is 9.23. The number of hydrogen-bond acceptors (Lipinski definition) is 6. The molecule has 1 saturated heterocycles. The fourth-order valence-corrected chi connectivity index (χ4v) is 4.75. The van der Waals surface area contributed by atoms with Crippen molar-refractivity contribution < 1.29 is 14.3 Å². The minimum absolute atomic E-state index is 0.0423. The van der Waals surface area contributed by atoms with E-state index in [-0.39, 0.29) is 17.9 Å². The Hall–Kier alpha value is -4.53. The monoisotopic (exact) mass is 510 g/mol. The Balaban J connectivity index is 1.54. The average molecular weight is 511 g/mol. The summed E-state index contributed by atoms with van der Waals surface area (Å²) in [6.45, 7) is 6.88. The summed E-state index contributed by atoms with van der Waals surface area (Å²) in [5, 5.41) is 8.42. The highest BCUT2D eigenvalue weighted by atomic mass is 16.5. The normalized spacial score (nSPS) is 15.3. The minimum atomic E-state index is -0.371. The van der Waals surface area contributed by atoms with Crippen molar-refractivity contribution in [2.45, 2.75) is 38.6 Å². The van der Waals surface area contributed by atoms with E-state index in [1.807, 2.05) is 71.1 Å². The first-order valence-electron chi connectivity index (χ1n) is 12.8. The van der Waals surface area contributed by atoms with Gasteiger partial charge in [0.05, 0.1) is 11.4 Å². The molecule has 0 radical (unpaired) electrons. The van der Waals surface area contributed by atoms with Gasteiger partial charge < -0.3 is 15.0 Å². The molecule has 5 rings (SSSR count). The van der Waals surface area contributed by atoms with Gasteiger partial charge in [-0.25, -0.2) is 14.6 Å². The molecule has 0 spiro atoms. The van der Waals surface area contributed by atoms with Crippen LogP contribution in [0.4, 0.5) is 5.82 Å². The van der Waals surface area contributed by atoms with E-state index >= 15 is 0 Å². The molecule has 1 fully saturated rings. The lowest BCUT2D eigenvalue weighted by atomic mass is 10.1. The lowest BCUT2D eigenvalue weighted by Crippen LogP contribution is -2.40. The number of ether oxygens (including phenoxy) is 1. The summed E-state index contributed by atoms with van der Waals surface area (Å²) in [4.78, 5) is 35.7. The molecule has 194 valence electrons. The number of rotatable bonds is 8. The number of hydrogen-bond donors (Lipinski definition) is 1. The molecule has 1 N–H and O–H groups in total. The third-order valence-electron chi connectivity index (χ3n) is 6.58. The van der Waals surface area contributed by atoms with Crippen molar-refractivity contribution in [1.29, 1.82) is 0 Å². The second kappa shape index (κ2) is 11.2. The number of benzene rings is 2. The van der Waals surface area contributed by atoms with Gasteiger partial charge in [-0.2, -0.15) is 5.10 Å². The Kier molecular flexibility index (Phi) is 7.44. The van der Waals surface area contributed by atoms with Gasteiger partial charge in [0.2, 0.25) is 11.8 Å². The smallest absolute Gasteiger partial charge is 0.248 e. The topological polar surface area (TPSA) is 102 Å². The molecule has 1 aliphatic rings. The van der Waals surface area contributed by atoms with Gasteiger partial charge in [0.15, 0.2) is 5.65 Å². The molecule has 0 aliphatic carbocycles. The zero-order chi connectivity index (χ0) is 26.5. The second-order valence-corrected chi connectivity index (χ2v) is 9.23. The van der Waals surface area contributed by atoms with Gasteiger partial charge in [-0.3, -0.25) is 9.59 Å². The largest absolute Gasteiger partial charge is 0.457 e. The highest BCUT2D eigenvalue weighted by Crippen LogP contribution is 2.36. The van der Waals surface area contributed by atoms with Gasteiger partial charge in [-0.15, -0.1) is 0 Å². The van der Waals surface area contributed by atoms with Crippen molar-refractivity contribution in [1.82, 2.24) is 24.6 Å². The number of piperidine rings is 1. The van der Waals surface area contributed by atoms with Gasteiger partial charge in [0.1, 0.15) is 29.3 Å². The molecule has 3 heterocycles. The van der Waals surface area contributed by atoms with Crippen molar-refractivity contribution in [2.24, 2.45) is 0 Å². The fraction of sp³-hybridized carbons (Fsp3) is 0.276. The van der Waals surface area contributed by atoms with Crippen LogP contribution < -0.4 is 10.1 Å². The first-order chi connectivity index (χ1) is 18.6. The molecule has 9 nitrogen and oxygen atoms in total. The summed E-state index contributed by atoms with van der Waals surface area (Å²) in [7, 11) is 0. The van der Waals surface area contributed by atoms with Crippen LogP contribution in [0.5, 0.6) is 11.5 Å². The quantitative estimate of drug-likeness (QED) is 0.320. The summed E-state index contributed by atoms with van der Waals surface area (Å²) in [6.07, 6.45) is 5.73. The number of fused-ring (bicyclic) bond motifs is 1. The summed E-state index contributed by atoms with van der Waals surface area (Å²) in [5.74, 6) is 1.59. The number of carbonyl (C=O) groups excluding carboxylic acids is 2. The molecule has 1 aliphatic heterocycles. The van der Waals surface area contributed by atoms with Crippen molar-refractivity contribution in [3.63, 3.8) is 0 Å². The van der Waals surface area contributed by atoms with Gasteiger partial charge in [-0.05, 0) is 61.7 Å². The number of aromatic nitrogens is 4. The number of nitrogens with zero attached hydrogens (tertiary/aromatic N) is 5. The van der Waals surface area contributed by atoms with E-state index in [1.54, 1.807) is 0 Å². The van der Waals surface area contributed by atoms with E-state index in [9.17, 15) is 9.59 Å². The molecule has 2 aromatic heterocycles. The molecule has 38 heavy (non-hydrogen) atoms. The van der Waals surface area contributed by atoms with E-state index in [4.69, 9.17) is 9.84 Å². The molecule has 4 aromatic rings. The van der Waals surface area contributed by atoms with E-state index in [2.05, 4.69) is 21.9 Å². The number of likely N-dealkylation sites (tertiary alicyclic amines) is 1. The van der Waals surface area contributed by atoms with Crippen molar-refractivity contribution in [3.05, 3.63) is 73.6 Å². The Bertz CT molecular complexity index is 1450. The summed E-state index contributed by atoms with van der Waals surface area (Å²) in [6, 6.07) is 17.1. The molecule has 0 bridgehead atoms. The lowest BCUT2D eigenvalue weighted by Gasteiger charge is -2.33. The molecule has 0 unspecified atom stereocenters. The SMILES string of the molecule is C=CC(=O)Nc1ncnc2c1c(-c1ccc(Oc3ccccc3)cc1)nn2[C@@H]1CCCN(C(=O)CCC)C1. The maximum atomic E-state index is 12.6. The number of para-hydroxylation sites is 1. The highest BCUT2D eigenvalue weighted by molar-refractivity contribution is 6.07. The molecule has 1 atom stereocenters. The third kappa shape index (κ3) is 5.27. The van der Waals surface area contributed by atoms with Gasteiger partial charge in [0.25, 0.3) is 0 Å². The standard InChI is InChI=1S/C29H30N6O3/c1-3-9-25(37)34-17-8-10-21(18-34)35-29-26(28(30-19-31-29)32-24(36)4-2)27(33-35)20-13-15-23(16-14-20)38-22-11-6-5-7-12-22/h4-7,11-16,19,21H,2-3,8-10,17-18H2,1H3,(H,30,31,32,36)/t21-/m1/s1. The minimum Gasteiger partial charge on any atom is -0.457 e. The average Bonchev–Trinajstić information content (AvgIpc) is 3.35. The lowest BCUT2D eigenvalue weighted by molar-refractivity contribution is -0.132. The zero-order valence-electron chi connectivity index (χ0n) is 21.3. The molecule has 0 saturated carbocycles. The van der Waals surface area contributed by atoms with E-state index in [1.165, 1.54) is 12.4 Å². The Morgan fingerprint density at radius 3 is 2.61 bits per heavy atom. The predicted molar refractivity (Wildman–Crippen MR) is 146 cm³/mol. The summed E-state index contributed by atoms with van der Waals surface area (Å²) < 4.78 is 7.83. The van der Waals surface area contributed by atoms with Gasteiger partial charge in [0, 0.05) is 25.1 Å². The number of amides is 2. The van der Waals surface area contributed by atoms with Crippen molar-refractivity contribution in [3.8, 4) is 22.8 Å². The number of nitrogens with one attached hydrogen (secondary N) is 1. The van der Waals surface area contributed by atoms with E-state index in [0.717, 1.165) is 37.1 Å². The van der Waals surface area contributed by atoms with Gasteiger partial charge >= 0.3 is 0 Å². The molecular weight excluding hydrogens is 480 g/mol. The van der Waals surface area contributed by atoms with Crippen LogP contribution >= 0.6 is 0 Å². The van der Waals surface area contributed by atoms with E-state index < -0.39 is 0 Å². The number of anilines is 1. The molecule has 9 heteroatoms. The fourth-order valence-electron chi connectivity index (χ4n) is 4.75. The van der Waals surface area contributed by atoms with Crippen LogP contribution in [-0.4, -0.2) is 49.6 Å². The van der Waals surface area contributed by atoms with E-state index in [0.29, 0.717) is 41.3 Å². The van der Waals surface area contributed by atoms with Crippen LogP contribution in [0.15, 0.2) is 73.6 Å². The van der Waals surface area contributed by atoms with Crippen molar-refractivity contribution in [2.75, 3.05) is 18.4 Å². The maximum absolute atomic E-state index is 12.6. The third-order valence-corrected chi connectivity index (χ3v) is 6.58. The summed E-state index contributed by atoms with van der Waals surface area (Å²) in [5.41, 5.74) is 2.07. The first kappa shape index (κ1) is 25.1. The molecular formula is C29H30N6O3. The Morgan fingerprint density at radius 1 is 1.11 bits per heavy atom. The Morgan fingerprint density at radius 2 is 1.87 bits per heavy atom. The Labute approximate surface area is 221 Å². The molecule has 2 amide bonds. The van der Waals surface area contributed by atoms with Crippen LogP contribution in [0.25, 0.3) is 22.3 Å². The predicted octanol–water partition coefficient (Wildman–Crippen LogP) is 5.37. The highest BCUT2D eigenvalue weighted by Gasteiger charge is 2.29. The van der Waals surface area contributed by atoms with Crippen LogP contribution in [0.1, 0.15) is 38.6 Å².